The second kappa shape index (κ2) is 5.19. The van der Waals surface area contributed by atoms with Crippen LogP contribution in [0.4, 0.5) is 0 Å². The summed E-state index contributed by atoms with van der Waals surface area (Å²) in [5, 5.41) is 0. The summed E-state index contributed by atoms with van der Waals surface area (Å²) in [7, 11) is 0. The highest BCUT2D eigenvalue weighted by Gasteiger charge is 2.23. The van der Waals surface area contributed by atoms with Crippen molar-refractivity contribution in [2.24, 2.45) is 5.73 Å². The van der Waals surface area contributed by atoms with Gasteiger partial charge in [0.2, 0.25) is 0 Å². The molecule has 2 N–H and O–H groups in total. The number of hydrogen-bond acceptors (Lipinski definition) is 2. The molecule has 1 aliphatic heterocycles. The van der Waals surface area contributed by atoms with Gasteiger partial charge in [-0.25, -0.2) is 0 Å². The average Bonchev–Trinajstić information content (AvgIpc) is 2.36. The predicted molar refractivity (Wildman–Crippen MR) is 73.3 cm³/mol. The van der Waals surface area contributed by atoms with E-state index in [9.17, 15) is 0 Å². The van der Waals surface area contributed by atoms with Gasteiger partial charge in [-0.2, -0.15) is 0 Å². The van der Waals surface area contributed by atoms with E-state index in [1.165, 1.54) is 16.7 Å². The molecule has 1 aliphatic rings. The highest BCUT2D eigenvalue weighted by Crippen LogP contribution is 2.30. The minimum atomic E-state index is 0.514. The van der Waals surface area contributed by atoms with E-state index in [1.807, 2.05) is 0 Å². The van der Waals surface area contributed by atoms with Crippen molar-refractivity contribution in [1.82, 2.24) is 4.90 Å². The van der Waals surface area contributed by atoms with Crippen molar-refractivity contribution in [3.8, 4) is 0 Å². The zero-order valence-corrected chi connectivity index (χ0v) is 11.2. The molecule has 0 saturated carbocycles. The third-order valence-corrected chi connectivity index (χ3v) is 3.88. The normalized spacial score (nSPS) is 20.6. The van der Waals surface area contributed by atoms with Gasteiger partial charge in [0.15, 0.2) is 0 Å². The van der Waals surface area contributed by atoms with Crippen molar-refractivity contribution in [1.29, 1.82) is 0 Å². The van der Waals surface area contributed by atoms with Crippen molar-refractivity contribution >= 4 is 0 Å². The Morgan fingerprint density at radius 1 is 1.41 bits per heavy atom. The van der Waals surface area contributed by atoms with Crippen molar-refractivity contribution in [3.63, 3.8) is 0 Å². The van der Waals surface area contributed by atoms with Crippen LogP contribution in [0.3, 0.4) is 0 Å². The second-order valence-electron chi connectivity index (χ2n) is 5.37. The lowest BCUT2D eigenvalue weighted by molar-refractivity contribution is 0.243. The lowest BCUT2D eigenvalue weighted by atomic mass is 9.87. The first-order valence-electron chi connectivity index (χ1n) is 6.70. The zero-order valence-electron chi connectivity index (χ0n) is 11.2. The summed E-state index contributed by atoms with van der Waals surface area (Å²) >= 11 is 0. The number of nitrogens with zero attached hydrogens (tertiary/aromatic N) is 1. The van der Waals surface area contributed by atoms with Crippen LogP contribution >= 0.6 is 0 Å². The van der Waals surface area contributed by atoms with Gasteiger partial charge in [0, 0.05) is 25.6 Å². The number of nitrogens with two attached hydrogens (primary N) is 1. The Kier molecular flexibility index (Phi) is 3.85. The summed E-state index contributed by atoms with van der Waals surface area (Å²) in [6.07, 6.45) is 0. The molecule has 0 spiro atoms. The molecular formula is C15H24N2. The molecule has 0 aliphatic carbocycles. The first-order valence-corrected chi connectivity index (χ1v) is 6.70. The Morgan fingerprint density at radius 3 is 2.76 bits per heavy atom. The fraction of sp³-hybridized carbons (Fsp3) is 0.600. The topological polar surface area (TPSA) is 29.3 Å². The maximum Gasteiger partial charge on any atom is 0.0236 e. The van der Waals surface area contributed by atoms with Crippen LogP contribution in [0.25, 0.3) is 0 Å². The molecule has 1 aromatic rings. The zero-order chi connectivity index (χ0) is 12.4. The molecule has 1 unspecified atom stereocenters. The molecule has 17 heavy (non-hydrogen) atoms. The van der Waals surface area contributed by atoms with E-state index in [0.717, 1.165) is 26.2 Å². The first-order chi connectivity index (χ1) is 8.15. The Bertz CT molecular complexity index is 385. The van der Waals surface area contributed by atoms with Gasteiger partial charge in [-0.3, -0.25) is 4.90 Å². The molecule has 2 nitrogen and oxygen atoms in total. The molecule has 1 atom stereocenters. The average molecular weight is 232 g/mol. The SMILES string of the molecule is CCN1Cc2cc(C(C)C)ccc2C(CN)C1. The Hall–Kier alpha value is -0.860. The Labute approximate surface area is 105 Å². The van der Waals surface area contributed by atoms with Crippen molar-refractivity contribution in [3.05, 3.63) is 34.9 Å². The van der Waals surface area contributed by atoms with Crippen LogP contribution in [-0.4, -0.2) is 24.5 Å². The van der Waals surface area contributed by atoms with Crippen LogP contribution < -0.4 is 5.73 Å². The van der Waals surface area contributed by atoms with Gasteiger partial charge in [0.25, 0.3) is 0 Å². The summed E-state index contributed by atoms with van der Waals surface area (Å²) in [6, 6.07) is 6.95. The number of hydrogen-bond donors (Lipinski definition) is 1. The van der Waals surface area contributed by atoms with E-state index in [-0.39, 0.29) is 0 Å². The predicted octanol–water partition coefficient (Wildman–Crippen LogP) is 2.69. The molecule has 2 rings (SSSR count). The molecule has 1 heterocycles. The van der Waals surface area contributed by atoms with Gasteiger partial charge in [-0.05, 0) is 29.2 Å². The van der Waals surface area contributed by atoms with Crippen LogP contribution in [0.15, 0.2) is 18.2 Å². The molecule has 0 saturated heterocycles. The van der Waals surface area contributed by atoms with E-state index >= 15 is 0 Å². The maximum absolute atomic E-state index is 5.91. The lowest BCUT2D eigenvalue weighted by Crippen LogP contribution is -2.36. The first kappa shape index (κ1) is 12.6. The summed E-state index contributed by atoms with van der Waals surface area (Å²) in [5.41, 5.74) is 10.3. The van der Waals surface area contributed by atoms with E-state index in [1.54, 1.807) is 0 Å². The number of fused-ring (bicyclic) bond motifs is 1. The molecule has 0 amide bonds. The van der Waals surface area contributed by atoms with Gasteiger partial charge in [-0.1, -0.05) is 39.0 Å². The number of likely N-dealkylation sites (N-methyl/N-ethyl adjacent to an activating group) is 1. The standard InChI is InChI=1S/C15H24N2/c1-4-17-9-13-7-12(11(2)3)5-6-15(13)14(8-16)10-17/h5-7,11,14H,4,8-10,16H2,1-3H3. The maximum atomic E-state index is 5.91. The number of rotatable bonds is 3. The summed E-state index contributed by atoms with van der Waals surface area (Å²) < 4.78 is 0. The van der Waals surface area contributed by atoms with E-state index in [4.69, 9.17) is 5.73 Å². The number of benzene rings is 1. The molecule has 0 aromatic heterocycles. The fourth-order valence-corrected chi connectivity index (χ4v) is 2.68. The van der Waals surface area contributed by atoms with Crippen LogP contribution in [-0.2, 0) is 6.54 Å². The van der Waals surface area contributed by atoms with Gasteiger partial charge >= 0.3 is 0 Å². The van der Waals surface area contributed by atoms with E-state index in [2.05, 4.69) is 43.9 Å². The summed E-state index contributed by atoms with van der Waals surface area (Å²) in [6.45, 7) is 10.8. The fourth-order valence-electron chi connectivity index (χ4n) is 2.68. The minimum Gasteiger partial charge on any atom is -0.330 e. The van der Waals surface area contributed by atoms with Crippen molar-refractivity contribution in [2.45, 2.75) is 39.2 Å². The lowest BCUT2D eigenvalue weighted by Gasteiger charge is -2.34. The van der Waals surface area contributed by atoms with Crippen LogP contribution in [0.5, 0.6) is 0 Å². The van der Waals surface area contributed by atoms with Crippen LogP contribution in [0.1, 0.15) is 49.3 Å². The smallest absolute Gasteiger partial charge is 0.0236 e. The van der Waals surface area contributed by atoms with E-state index in [0.29, 0.717) is 11.8 Å². The monoisotopic (exact) mass is 232 g/mol. The van der Waals surface area contributed by atoms with Gasteiger partial charge in [0.1, 0.15) is 0 Å². The third kappa shape index (κ3) is 2.53. The van der Waals surface area contributed by atoms with Crippen molar-refractivity contribution in [2.75, 3.05) is 19.6 Å². The molecular weight excluding hydrogens is 208 g/mol. The van der Waals surface area contributed by atoms with Gasteiger partial charge < -0.3 is 5.73 Å². The van der Waals surface area contributed by atoms with Crippen molar-refractivity contribution < 1.29 is 0 Å². The van der Waals surface area contributed by atoms with Crippen LogP contribution in [0, 0.1) is 0 Å². The molecule has 2 heteroatoms. The molecule has 94 valence electrons. The molecule has 0 bridgehead atoms. The summed E-state index contributed by atoms with van der Waals surface area (Å²) in [5.74, 6) is 1.12. The molecule has 0 radical (unpaired) electrons. The second-order valence-corrected chi connectivity index (χ2v) is 5.37. The largest absolute Gasteiger partial charge is 0.330 e. The van der Waals surface area contributed by atoms with Gasteiger partial charge in [-0.15, -0.1) is 0 Å². The van der Waals surface area contributed by atoms with Gasteiger partial charge in [0.05, 0.1) is 0 Å². The quantitative estimate of drug-likeness (QED) is 0.868. The molecule has 0 fully saturated rings. The Morgan fingerprint density at radius 2 is 2.18 bits per heavy atom. The highest BCUT2D eigenvalue weighted by molar-refractivity contribution is 5.37. The minimum absolute atomic E-state index is 0.514. The third-order valence-electron chi connectivity index (χ3n) is 3.88. The van der Waals surface area contributed by atoms with E-state index < -0.39 is 0 Å². The molecule has 1 aromatic carbocycles. The van der Waals surface area contributed by atoms with Crippen LogP contribution in [0.2, 0.25) is 0 Å². The highest BCUT2D eigenvalue weighted by atomic mass is 15.1. The summed E-state index contributed by atoms with van der Waals surface area (Å²) in [4.78, 5) is 2.49. The Balaban J connectivity index is 2.35.